The van der Waals surface area contributed by atoms with Gasteiger partial charge >= 0.3 is 0 Å². The first-order valence-corrected chi connectivity index (χ1v) is 6.48. The summed E-state index contributed by atoms with van der Waals surface area (Å²) < 4.78 is 26.7. The molecule has 2 aromatic heterocycles. The van der Waals surface area contributed by atoms with E-state index in [0.717, 1.165) is 17.7 Å². The normalized spacial score (nSPS) is 10.6. The number of rotatable bonds is 2. The van der Waals surface area contributed by atoms with Crippen LogP contribution in [0.1, 0.15) is 0 Å². The van der Waals surface area contributed by atoms with Gasteiger partial charge in [-0.25, -0.2) is 18.7 Å². The molecular formula is C16H12F2N4. The Hall–Kier alpha value is -3.02. The van der Waals surface area contributed by atoms with Gasteiger partial charge in [-0.1, -0.05) is 6.07 Å². The summed E-state index contributed by atoms with van der Waals surface area (Å²) in [4.78, 5) is 7.97. The number of nitrogens with two attached hydrogens (primary N) is 2. The molecule has 3 aromatic rings. The first-order valence-electron chi connectivity index (χ1n) is 6.48. The number of halogens is 2. The maximum Gasteiger partial charge on any atom is 0.159 e. The molecule has 0 saturated heterocycles. The molecule has 0 aliphatic heterocycles. The molecule has 2 heterocycles. The molecular weight excluding hydrogens is 286 g/mol. The maximum absolute atomic E-state index is 13.5. The average Bonchev–Trinajstić information content (AvgIpc) is 2.50. The minimum atomic E-state index is -0.944. The highest BCUT2D eigenvalue weighted by Gasteiger charge is 2.14. The predicted octanol–water partition coefficient (Wildman–Crippen LogP) is 3.25. The van der Waals surface area contributed by atoms with Crippen LogP contribution in [0.25, 0.3) is 22.3 Å². The molecule has 110 valence electrons. The zero-order valence-electron chi connectivity index (χ0n) is 11.4. The van der Waals surface area contributed by atoms with Crippen molar-refractivity contribution in [3.8, 4) is 22.3 Å². The fraction of sp³-hybridized carbons (Fsp3) is 0. The van der Waals surface area contributed by atoms with Crippen LogP contribution >= 0.6 is 0 Å². The van der Waals surface area contributed by atoms with Crippen molar-refractivity contribution in [2.45, 2.75) is 0 Å². The fourth-order valence-electron chi connectivity index (χ4n) is 2.29. The van der Waals surface area contributed by atoms with E-state index in [1.807, 2.05) is 0 Å². The molecule has 22 heavy (non-hydrogen) atoms. The van der Waals surface area contributed by atoms with Gasteiger partial charge in [0.1, 0.15) is 11.6 Å². The number of benzene rings is 1. The van der Waals surface area contributed by atoms with Gasteiger partial charge < -0.3 is 11.5 Å². The molecule has 0 spiro atoms. The third-order valence-electron chi connectivity index (χ3n) is 3.28. The predicted molar refractivity (Wildman–Crippen MR) is 81.6 cm³/mol. The molecule has 3 rings (SSSR count). The minimum absolute atomic E-state index is 0.221. The zero-order chi connectivity index (χ0) is 15.7. The fourth-order valence-corrected chi connectivity index (χ4v) is 2.29. The Bertz CT molecular complexity index is 849. The lowest BCUT2D eigenvalue weighted by atomic mass is 9.96. The van der Waals surface area contributed by atoms with E-state index < -0.39 is 11.6 Å². The molecule has 4 nitrogen and oxygen atoms in total. The second-order valence-corrected chi connectivity index (χ2v) is 4.72. The van der Waals surface area contributed by atoms with Crippen molar-refractivity contribution in [2.75, 3.05) is 11.5 Å². The van der Waals surface area contributed by atoms with Crippen LogP contribution < -0.4 is 11.5 Å². The number of hydrogen-bond donors (Lipinski definition) is 2. The molecule has 0 unspecified atom stereocenters. The molecule has 0 aliphatic carbocycles. The summed E-state index contributed by atoms with van der Waals surface area (Å²) in [5, 5.41) is 0. The lowest BCUT2D eigenvalue weighted by Crippen LogP contribution is -1.98. The van der Waals surface area contributed by atoms with E-state index >= 15 is 0 Å². The maximum atomic E-state index is 13.5. The van der Waals surface area contributed by atoms with E-state index in [-0.39, 0.29) is 5.82 Å². The lowest BCUT2D eigenvalue weighted by Gasteiger charge is -2.12. The Balaban J connectivity index is 2.25. The highest BCUT2D eigenvalue weighted by molar-refractivity contribution is 5.89. The number of aromatic nitrogens is 2. The lowest BCUT2D eigenvalue weighted by molar-refractivity contribution is 0.509. The van der Waals surface area contributed by atoms with Crippen molar-refractivity contribution in [3.63, 3.8) is 0 Å². The number of nitrogen functional groups attached to an aromatic ring is 2. The summed E-state index contributed by atoms with van der Waals surface area (Å²) in [6.45, 7) is 0. The van der Waals surface area contributed by atoms with Crippen LogP contribution in [0.4, 0.5) is 20.4 Å². The number of hydrogen-bond acceptors (Lipinski definition) is 4. The van der Waals surface area contributed by atoms with E-state index in [9.17, 15) is 8.78 Å². The van der Waals surface area contributed by atoms with Gasteiger partial charge in [-0.3, -0.25) is 0 Å². The van der Waals surface area contributed by atoms with Gasteiger partial charge in [0.05, 0.1) is 0 Å². The van der Waals surface area contributed by atoms with Crippen LogP contribution in [0, 0.1) is 11.6 Å². The molecule has 0 fully saturated rings. The topological polar surface area (TPSA) is 77.8 Å². The summed E-state index contributed by atoms with van der Waals surface area (Å²) >= 11 is 0. The average molecular weight is 298 g/mol. The summed E-state index contributed by atoms with van der Waals surface area (Å²) in [6.07, 6.45) is 3.11. The summed E-state index contributed by atoms with van der Waals surface area (Å²) in [6, 6.07) is 8.78. The Kier molecular flexibility index (Phi) is 3.42. The quantitative estimate of drug-likeness (QED) is 0.761. The second kappa shape index (κ2) is 5.40. The Morgan fingerprint density at radius 2 is 1.55 bits per heavy atom. The van der Waals surface area contributed by atoms with E-state index in [0.29, 0.717) is 22.5 Å². The Labute approximate surface area is 125 Å². The molecule has 0 radical (unpaired) electrons. The number of pyridine rings is 2. The molecule has 0 saturated carbocycles. The third kappa shape index (κ3) is 2.46. The highest BCUT2D eigenvalue weighted by Crippen LogP contribution is 2.36. The van der Waals surface area contributed by atoms with Crippen LogP contribution in [0.3, 0.4) is 0 Å². The molecule has 4 N–H and O–H groups in total. The molecule has 0 aliphatic rings. The standard InChI is InChI=1S/C16H12F2N4/c17-12-2-1-10(7-13(12)18)15-11(4-6-22-16(15)20)9-3-5-21-14(19)8-9/h1-8H,(H2,19,21)(H2,20,22). The SMILES string of the molecule is Nc1cc(-c2ccnc(N)c2-c2ccc(F)c(F)c2)ccn1. The van der Waals surface area contributed by atoms with Gasteiger partial charge in [0.25, 0.3) is 0 Å². The van der Waals surface area contributed by atoms with Gasteiger partial charge in [-0.2, -0.15) is 0 Å². The molecule has 0 bridgehead atoms. The van der Waals surface area contributed by atoms with Crippen molar-refractivity contribution in [1.29, 1.82) is 0 Å². The van der Waals surface area contributed by atoms with Gasteiger partial charge in [0.15, 0.2) is 11.6 Å². The van der Waals surface area contributed by atoms with Crippen LogP contribution in [-0.2, 0) is 0 Å². The highest BCUT2D eigenvalue weighted by atomic mass is 19.2. The first-order chi connectivity index (χ1) is 10.6. The minimum Gasteiger partial charge on any atom is -0.384 e. The largest absolute Gasteiger partial charge is 0.384 e. The van der Waals surface area contributed by atoms with Gasteiger partial charge in [0, 0.05) is 18.0 Å². The third-order valence-corrected chi connectivity index (χ3v) is 3.28. The van der Waals surface area contributed by atoms with Gasteiger partial charge in [-0.15, -0.1) is 0 Å². The van der Waals surface area contributed by atoms with E-state index in [2.05, 4.69) is 9.97 Å². The Morgan fingerprint density at radius 1 is 0.773 bits per heavy atom. The number of nitrogens with zero attached hydrogens (tertiary/aromatic N) is 2. The summed E-state index contributed by atoms with van der Waals surface area (Å²) in [5.74, 6) is -1.29. The van der Waals surface area contributed by atoms with Crippen LogP contribution in [0.2, 0.25) is 0 Å². The first kappa shape index (κ1) is 13.9. The van der Waals surface area contributed by atoms with E-state index in [1.165, 1.54) is 6.07 Å². The van der Waals surface area contributed by atoms with Crippen molar-refractivity contribution in [1.82, 2.24) is 9.97 Å². The smallest absolute Gasteiger partial charge is 0.159 e. The monoisotopic (exact) mass is 298 g/mol. The Morgan fingerprint density at radius 3 is 2.27 bits per heavy atom. The van der Waals surface area contributed by atoms with Crippen LogP contribution in [0.15, 0.2) is 48.8 Å². The molecule has 0 amide bonds. The van der Waals surface area contributed by atoms with Gasteiger partial charge in [-0.05, 0) is 47.0 Å². The molecule has 6 heteroatoms. The van der Waals surface area contributed by atoms with E-state index in [4.69, 9.17) is 11.5 Å². The van der Waals surface area contributed by atoms with Crippen molar-refractivity contribution >= 4 is 11.6 Å². The number of anilines is 2. The summed E-state index contributed by atoms with van der Waals surface area (Å²) in [5.41, 5.74) is 14.1. The second-order valence-electron chi connectivity index (χ2n) is 4.72. The van der Waals surface area contributed by atoms with Crippen molar-refractivity contribution < 1.29 is 8.78 Å². The zero-order valence-corrected chi connectivity index (χ0v) is 11.4. The van der Waals surface area contributed by atoms with Crippen LogP contribution in [0.5, 0.6) is 0 Å². The molecule has 1 aromatic carbocycles. The van der Waals surface area contributed by atoms with Crippen molar-refractivity contribution in [3.05, 3.63) is 60.4 Å². The van der Waals surface area contributed by atoms with Crippen molar-refractivity contribution in [2.24, 2.45) is 0 Å². The van der Waals surface area contributed by atoms with E-state index in [1.54, 1.807) is 30.6 Å². The van der Waals surface area contributed by atoms with Gasteiger partial charge in [0.2, 0.25) is 0 Å². The van der Waals surface area contributed by atoms with Crippen LogP contribution in [-0.4, -0.2) is 9.97 Å². The summed E-state index contributed by atoms with van der Waals surface area (Å²) in [7, 11) is 0. The molecule has 0 atom stereocenters.